The summed E-state index contributed by atoms with van der Waals surface area (Å²) in [5.41, 5.74) is 0.254. The lowest BCUT2D eigenvalue weighted by Crippen LogP contribution is -2.16. The average Bonchev–Trinajstić information content (AvgIpc) is 2.49. The van der Waals surface area contributed by atoms with E-state index in [0.29, 0.717) is 5.69 Å². The predicted molar refractivity (Wildman–Crippen MR) is 73.4 cm³/mol. The van der Waals surface area contributed by atoms with E-state index in [-0.39, 0.29) is 18.6 Å². The zero-order valence-electron chi connectivity index (χ0n) is 11.2. The molecule has 2 rings (SSSR count). The van der Waals surface area contributed by atoms with E-state index < -0.39 is 23.5 Å². The van der Waals surface area contributed by atoms with Crippen LogP contribution >= 0.6 is 0 Å². The molecule has 0 aliphatic heterocycles. The van der Waals surface area contributed by atoms with E-state index in [1.54, 1.807) is 18.2 Å². The molecule has 0 saturated carbocycles. The first-order chi connectivity index (χ1) is 10.2. The molecule has 2 aromatic rings. The molecule has 1 aromatic carbocycles. The molecule has 21 heavy (non-hydrogen) atoms. The fourth-order valence-electron chi connectivity index (χ4n) is 2.40. The summed E-state index contributed by atoms with van der Waals surface area (Å²) in [6.07, 6.45) is 1.60. The standard InChI is InChI=1S/C16H14F2N2O/c17-13-4-3-5-14(18)16(13)11(7-9-21)12(10-19)15-6-1-2-8-20-15/h1-6,8,11-12,21H,7,9H2/t11-,12-/m0/s1. The van der Waals surface area contributed by atoms with Gasteiger partial charge in [0.25, 0.3) is 0 Å². The van der Waals surface area contributed by atoms with Crippen LogP contribution in [0.1, 0.15) is 29.5 Å². The number of hydrogen-bond donors (Lipinski definition) is 1. The number of hydrogen-bond acceptors (Lipinski definition) is 3. The molecule has 5 heteroatoms. The molecule has 2 atom stereocenters. The predicted octanol–water partition coefficient (Wildman–Crippen LogP) is 3.13. The molecule has 0 amide bonds. The Hall–Kier alpha value is -2.32. The lowest BCUT2D eigenvalue weighted by molar-refractivity contribution is 0.268. The Morgan fingerprint density at radius 2 is 1.86 bits per heavy atom. The van der Waals surface area contributed by atoms with Gasteiger partial charge in [-0.3, -0.25) is 4.98 Å². The fourth-order valence-corrected chi connectivity index (χ4v) is 2.40. The second-order valence-corrected chi connectivity index (χ2v) is 4.62. The van der Waals surface area contributed by atoms with Crippen LogP contribution in [0.2, 0.25) is 0 Å². The van der Waals surface area contributed by atoms with Crippen molar-refractivity contribution in [3.63, 3.8) is 0 Å². The SMILES string of the molecule is N#C[C@H](c1ccccn1)[C@H](CCO)c1c(F)cccc1F. The van der Waals surface area contributed by atoms with Crippen LogP contribution < -0.4 is 0 Å². The zero-order chi connectivity index (χ0) is 15.2. The zero-order valence-corrected chi connectivity index (χ0v) is 11.2. The van der Waals surface area contributed by atoms with Gasteiger partial charge < -0.3 is 5.11 Å². The van der Waals surface area contributed by atoms with Crippen molar-refractivity contribution in [3.05, 3.63) is 65.5 Å². The van der Waals surface area contributed by atoms with Crippen molar-refractivity contribution < 1.29 is 13.9 Å². The lowest BCUT2D eigenvalue weighted by Gasteiger charge is -2.22. The van der Waals surface area contributed by atoms with Gasteiger partial charge in [0.2, 0.25) is 0 Å². The molecule has 3 nitrogen and oxygen atoms in total. The largest absolute Gasteiger partial charge is 0.396 e. The van der Waals surface area contributed by atoms with Crippen LogP contribution in [-0.2, 0) is 0 Å². The highest BCUT2D eigenvalue weighted by atomic mass is 19.1. The summed E-state index contributed by atoms with van der Waals surface area (Å²) in [7, 11) is 0. The third-order valence-electron chi connectivity index (χ3n) is 3.36. The summed E-state index contributed by atoms with van der Waals surface area (Å²) in [4.78, 5) is 4.09. The van der Waals surface area contributed by atoms with Crippen molar-refractivity contribution in [2.45, 2.75) is 18.3 Å². The summed E-state index contributed by atoms with van der Waals surface area (Å²) < 4.78 is 28.0. The summed E-state index contributed by atoms with van der Waals surface area (Å²) in [6, 6.07) is 10.7. The molecule has 1 heterocycles. The number of benzene rings is 1. The highest BCUT2D eigenvalue weighted by Gasteiger charge is 2.30. The van der Waals surface area contributed by atoms with Crippen LogP contribution in [0.3, 0.4) is 0 Å². The van der Waals surface area contributed by atoms with E-state index in [1.165, 1.54) is 12.3 Å². The second-order valence-electron chi connectivity index (χ2n) is 4.62. The van der Waals surface area contributed by atoms with E-state index in [2.05, 4.69) is 4.98 Å². The Bertz CT molecular complexity index is 620. The van der Waals surface area contributed by atoms with E-state index in [9.17, 15) is 19.1 Å². The van der Waals surface area contributed by atoms with Gasteiger partial charge in [0.05, 0.1) is 17.7 Å². The van der Waals surface area contributed by atoms with Gasteiger partial charge in [-0.05, 0) is 30.7 Å². The molecular formula is C16H14F2N2O. The Kier molecular flexibility index (Phi) is 4.96. The first-order valence-electron chi connectivity index (χ1n) is 6.54. The van der Waals surface area contributed by atoms with E-state index in [4.69, 9.17) is 0 Å². The molecule has 0 unspecified atom stereocenters. The first-order valence-corrected chi connectivity index (χ1v) is 6.54. The molecule has 0 saturated heterocycles. The van der Waals surface area contributed by atoms with E-state index in [0.717, 1.165) is 12.1 Å². The van der Waals surface area contributed by atoms with Crippen molar-refractivity contribution in [2.75, 3.05) is 6.61 Å². The van der Waals surface area contributed by atoms with E-state index >= 15 is 0 Å². The highest BCUT2D eigenvalue weighted by molar-refractivity contribution is 5.31. The smallest absolute Gasteiger partial charge is 0.129 e. The van der Waals surface area contributed by atoms with Crippen LogP contribution in [-0.4, -0.2) is 16.7 Å². The molecule has 0 bridgehead atoms. The normalized spacial score (nSPS) is 13.4. The van der Waals surface area contributed by atoms with Gasteiger partial charge >= 0.3 is 0 Å². The topological polar surface area (TPSA) is 56.9 Å². The second kappa shape index (κ2) is 6.91. The minimum Gasteiger partial charge on any atom is -0.396 e. The van der Waals surface area contributed by atoms with Gasteiger partial charge in [0.15, 0.2) is 0 Å². The van der Waals surface area contributed by atoms with Gasteiger partial charge in [0.1, 0.15) is 11.6 Å². The van der Waals surface area contributed by atoms with Crippen LogP contribution in [0.25, 0.3) is 0 Å². The van der Waals surface area contributed by atoms with Gasteiger partial charge in [-0.1, -0.05) is 12.1 Å². The van der Waals surface area contributed by atoms with Crippen LogP contribution in [0.4, 0.5) is 8.78 Å². The number of aromatic nitrogens is 1. The summed E-state index contributed by atoms with van der Waals surface area (Å²) in [5, 5.41) is 18.6. The molecule has 1 N–H and O–H groups in total. The number of rotatable bonds is 5. The summed E-state index contributed by atoms with van der Waals surface area (Å²) in [6.45, 7) is -0.274. The molecular weight excluding hydrogens is 274 g/mol. The minimum atomic E-state index is -0.829. The molecule has 108 valence electrons. The average molecular weight is 288 g/mol. The molecule has 0 aliphatic rings. The molecule has 0 radical (unpaired) electrons. The fraction of sp³-hybridized carbons (Fsp3) is 0.250. The minimum absolute atomic E-state index is 0.0760. The Labute approximate surface area is 121 Å². The molecule has 0 spiro atoms. The Balaban J connectivity index is 2.50. The van der Waals surface area contributed by atoms with Crippen LogP contribution in [0, 0.1) is 23.0 Å². The van der Waals surface area contributed by atoms with Crippen molar-refractivity contribution >= 4 is 0 Å². The Morgan fingerprint density at radius 1 is 1.14 bits per heavy atom. The maximum absolute atomic E-state index is 14.0. The number of nitrogens with zero attached hydrogens (tertiary/aromatic N) is 2. The number of pyridine rings is 1. The molecule has 1 aromatic heterocycles. The van der Waals surface area contributed by atoms with Crippen molar-refractivity contribution in [1.82, 2.24) is 4.98 Å². The van der Waals surface area contributed by atoms with Gasteiger partial charge in [-0.2, -0.15) is 5.26 Å². The first kappa shape index (κ1) is 15.1. The number of nitriles is 1. The maximum atomic E-state index is 14.0. The highest BCUT2D eigenvalue weighted by Crippen LogP contribution is 2.36. The van der Waals surface area contributed by atoms with Crippen molar-refractivity contribution in [2.24, 2.45) is 0 Å². The third kappa shape index (κ3) is 3.23. The summed E-state index contributed by atoms with van der Waals surface area (Å²) in [5.74, 6) is -3.06. The molecule has 0 aliphatic carbocycles. The number of aliphatic hydroxyl groups is 1. The number of halogens is 2. The van der Waals surface area contributed by atoms with Crippen LogP contribution in [0.5, 0.6) is 0 Å². The Morgan fingerprint density at radius 3 is 2.38 bits per heavy atom. The quantitative estimate of drug-likeness (QED) is 0.919. The lowest BCUT2D eigenvalue weighted by atomic mass is 9.82. The third-order valence-corrected chi connectivity index (χ3v) is 3.36. The van der Waals surface area contributed by atoms with E-state index in [1.807, 2.05) is 6.07 Å². The monoisotopic (exact) mass is 288 g/mol. The van der Waals surface area contributed by atoms with Crippen molar-refractivity contribution in [3.8, 4) is 6.07 Å². The number of aliphatic hydroxyl groups excluding tert-OH is 1. The molecule has 0 fully saturated rings. The van der Waals surface area contributed by atoms with Gasteiger partial charge in [-0.15, -0.1) is 0 Å². The summed E-state index contributed by atoms with van der Waals surface area (Å²) >= 11 is 0. The van der Waals surface area contributed by atoms with Gasteiger partial charge in [0, 0.05) is 24.3 Å². The maximum Gasteiger partial charge on any atom is 0.129 e. The van der Waals surface area contributed by atoms with Gasteiger partial charge in [-0.25, -0.2) is 8.78 Å². The van der Waals surface area contributed by atoms with Crippen LogP contribution in [0.15, 0.2) is 42.6 Å². The van der Waals surface area contributed by atoms with Crippen molar-refractivity contribution in [1.29, 1.82) is 5.26 Å².